The molecule has 1 saturated heterocycles. The van der Waals surface area contributed by atoms with Crippen molar-refractivity contribution in [1.82, 2.24) is 0 Å². The van der Waals surface area contributed by atoms with Crippen molar-refractivity contribution >= 4 is 13.3 Å². The molecule has 18 heavy (non-hydrogen) atoms. The lowest BCUT2D eigenvalue weighted by molar-refractivity contribution is 0.00578. The minimum absolute atomic E-state index is 0.170. The van der Waals surface area contributed by atoms with Gasteiger partial charge in [-0.15, -0.1) is 0 Å². The molecule has 0 unspecified atom stereocenters. The summed E-state index contributed by atoms with van der Waals surface area (Å²) in [6.45, 7) is 8.15. The molecule has 5 nitrogen and oxygen atoms in total. The summed E-state index contributed by atoms with van der Waals surface area (Å²) < 4.78 is 12.0. The summed E-state index contributed by atoms with van der Waals surface area (Å²) >= 11 is 0. The molecule has 3 aliphatic heterocycles. The Morgan fingerprint density at radius 3 is 2.50 bits per heavy atom. The van der Waals surface area contributed by atoms with Gasteiger partial charge in [-0.05, 0) is 27.7 Å². The highest BCUT2D eigenvalue weighted by Gasteiger charge is 2.52. The summed E-state index contributed by atoms with van der Waals surface area (Å²) in [5, 5.41) is 7.85. The highest BCUT2D eigenvalue weighted by Crippen LogP contribution is 2.39. The fourth-order valence-electron chi connectivity index (χ4n) is 2.02. The third-order valence-corrected chi connectivity index (χ3v) is 3.90. The first-order chi connectivity index (χ1) is 8.39. The van der Waals surface area contributed by atoms with E-state index in [1.165, 1.54) is 0 Å². The van der Waals surface area contributed by atoms with Crippen molar-refractivity contribution in [2.24, 2.45) is 15.2 Å². The van der Waals surface area contributed by atoms with E-state index in [-0.39, 0.29) is 24.5 Å². The third kappa shape index (κ3) is 1.68. The molecule has 3 aliphatic rings. The van der Waals surface area contributed by atoms with Crippen molar-refractivity contribution in [2.45, 2.75) is 45.1 Å². The van der Waals surface area contributed by atoms with Crippen molar-refractivity contribution in [2.75, 3.05) is 0 Å². The summed E-state index contributed by atoms with van der Waals surface area (Å²) in [5.41, 5.74) is 1.25. The van der Waals surface area contributed by atoms with Gasteiger partial charge in [0.15, 0.2) is 6.17 Å². The van der Waals surface area contributed by atoms with E-state index in [0.29, 0.717) is 0 Å². The third-order valence-electron chi connectivity index (χ3n) is 3.90. The summed E-state index contributed by atoms with van der Waals surface area (Å²) in [4.78, 5) is 4.33. The quantitative estimate of drug-likeness (QED) is 0.665. The topological polar surface area (TPSA) is 55.5 Å². The van der Waals surface area contributed by atoms with Crippen LogP contribution in [-0.4, -0.2) is 30.7 Å². The SMILES string of the molecule is CC1(C)OB(C2=CC3=CN=N[C@H]3N=C2)OC1(C)C. The van der Waals surface area contributed by atoms with Crippen LogP contribution in [0.1, 0.15) is 27.7 Å². The maximum absolute atomic E-state index is 5.98. The number of hydrogen-bond donors (Lipinski definition) is 0. The largest absolute Gasteiger partial charge is 0.496 e. The lowest BCUT2D eigenvalue weighted by Gasteiger charge is -2.32. The van der Waals surface area contributed by atoms with Crippen LogP contribution in [0.3, 0.4) is 0 Å². The first-order valence-corrected chi connectivity index (χ1v) is 6.09. The summed E-state index contributed by atoms with van der Waals surface area (Å²) in [7, 11) is -0.374. The number of fused-ring (bicyclic) bond motifs is 1. The number of rotatable bonds is 1. The van der Waals surface area contributed by atoms with E-state index in [1.807, 2.05) is 33.8 Å². The molecule has 0 aromatic heterocycles. The number of azo groups is 1. The van der Waals surface area contributed by atoms with E-state index >= 15 is 0 Å². The monoisotopic (exact) mass is 245 g/mol. The molecular weight excluding hydrogens is 229 g/mol. The number of dihydropyridines is 1. The molecule has 0 amide bonds. The lowest BCUT2D eigenvalue weighted by atomic mass is 9.77. The first-order valence-electron chi connectivity index (χ1n) is 6.09. The molecule has 0 saturated carbocycles. The van der Waals surface area contributed by atoms with Crippen LogP contribution in [0.4, 0.5) is 0 Å². The Morgan fingerprint density at radius 1 is 1.17 bits per heavy atom. The van der Waals surface area contributed by atoms with Gasteiger partial charge >= 0.3 is 7.12 Å². The fraction of sp³-hybridized carbons (Fsp3) is 0.583. The average molecular weight is 245 g/mol. The van der Waals surface area contributed by atoms with Crippen LogP contribution >= 0.6 is 0 Å². The Bertz CT molecular complexity index is 489. The van der Waals surface area contributed by atoms with Gasteiger partial charge in [-0.25, -0.2) is 0 Å². The van der Waals surface area contributed by atoms with Gasteiger partial charge in [0, 0.05) is 17.3 Å². The molecule has 0 bridgehead atoms. The van der Waals surface area contributed by atoms with E-state index in [9.17, 15) is 0 Å². The number of nitrogens with zero attached hydrogens (tertiary/aromatic N) is 3. The van der Waals surface area contributed by atoms with Crippen LogP contribution in [0.2, 0.25) is 0 Å². The van der Waals surface area contributed by atoms with E-state index in [2.05, 4.69) is 15.2 Å². The standard InChI is InChI=1S/C12H16BN3O2/c1-11(2)12(3,4)18-13(17-11)9-5-8-6-15-16-10(8)14-7-9/h5-7,10H,1-4H3/t10-/m1/s1. The van der Waals surface area contributed by atoms with Crippen LogP contribution < -0.4 is 0 Å². The Hall–Kier alpha value is -1.27. The average Bonchev–Trinajstić information content (AvgIpc) is 2.80. The zero-order valence-corrected chi connectivity index (χ0v) is 11.0. The zero-order chi connectivity index (χ0) is 13.0. The van der Waals surface area contributed by atoms with Gasteiger partial charge in [-0.1, -0.05) is 6.08 Å². The fourth-order valence-corrected chi connectivity index (χ4v) is 2.02. The Kier molecular flexibility index (Phi) is 2.37. The molecule has 1 atom stereocenters. The molecule has 1 fully saturated rings. The number of aliphatic imine (C=N–C) groups is 1. The van der Waals surface area contributed by atoms with E-state index in [0.717, 1.165) is 11.0 Å². The molecule has 3 rings (SSSR count). The molecule has 0 aromatic rings. The lowest BCUT2D eigenvalue weighted by Crippen LogP contribution is -2.41. The van der Waals surface area contributed by atoms with E-state index < -0.39 is 0 Å². The molecule has 6 heteroatoms. The summed E-state index contributed by atoms with van der Waals surface area (Å²) in [6.07, 6.45) is 5.33. The van der Waals surface area contributed by atoms with Crippen molar-refractivity contribution in [3.63, 3.8) is 0 Å². The van der Waals surface area contributed by atoms with E-state index in [1.54, 1.807) is 12.4 Å². The zero-order valence-electron chi connectivity index (χ0n) is 11.0. The Labute approximate surface area is 107 Å². The van der Waals surface area contributed by atoms with Crippen LogP contribution in [0, 0.1) is 0 Å². The molecule has 0 spiro atoms. The number of hydrogen-bond acceptors (Lipinski definition) is 5. The molecule has 0 N–H and O–H groups in total. The minimum atomic E-state index is -0.374. The van der Waals surface area contributed by atoms with Crippen LogP contribution in [0.5, 0.6) is 0 Å². The Morgan fingerprint density at radius 2 is 1.83 bits per heavy atom. The van der Waals surface area contributed by atoms with Gasteiger partial charge in [0.1, 0.15) is 0 Å². The molecule has 3 heterocycles. The molecule has 0 aliphatic carbocycles. The first kappa shape index (κ1) is 11.8. The predicted octanol–water partition coefficient (Wildman–Crippen LogP) is 2.30. The Balaban J connectivity index is 1.85. The number of allylic oxidation sites excluding steroid dienone is 1. The molecule has 0 aromatic carbocycles. The molecule has 94 valence electrons. The maximum Gasteiger partial charge on any atom is 0.496 e. The van der Waals surface area contributed by atoms with Crippen LogP contribution in [0.15, 0.2) is 38.5 Å². The second-order valence-electron chi connectivity index (χ2n) is 5.74. The van der Waals surface area contributed by atoms with Crippen molar-refractivity contribution in [3.8, 4) is 0 Å². The summed E-state index contributed by atoms with van der Waals surface area (Å²) in [5.74, 6) is 0. The van der Waals surface area contributed by atoms with Gasteiger partial charge in [-0.2, -0.15) is 10.2 Å². The van der Waals surface area contributed by atoms with E-state index in [4.69, 9.17) is 9.31 Å². The maximum atomic E-state index is 5.98. The minimum Gasteiger partial charge on any atom is -0.399 e. The molecular formula is C12H16BN3O2. The predicted molar refractivity (Wildman–Crippen MR) is 69.4 cm³/mol. The van der Waals surface area contributed by atoms with Gasteiger partial charge < -0.3 is 9.31 Å². The van der Waals surface area contributed by atoms with Crippen molar-refractivity contribution in [1.29, 1.82) is 0 Å². The second-order valence-corrected chi connectivity index (χ2v) is 5.74. The smallest absolute Gasteiger partial charge is 0.399 e. The highest BCUT2D eigenvalue weighted by atomic mass is 16.7. The van der Waals surface area contributed by atoms with Gasteiger partial charge in [-0.3, -0.25) is 4.99 Å². The van der Waals surface area contributed by atoms with Gasteiger partial charge in [0.05, 0.1) is 17.4 Å². The van der Waals surface area contributed by atoms with Crippen LogP contribution in [0.25, 0.3) is 0 Å². The summed E-state index contributed by atoms with van der Waals surface area (Å²) in [6, 6.07) is 0. The normalized spacial score (nSPS) is 31.3. The van der Waals surface area contributed by atoms with Crippen molar-refractivity contribution < 1.29 is 9.31 Å². The van der Waals surface area contributed by atoms with Gasteiger partial charge in [0.2, 0.25) is 0 Å². The second kappa shape index (κ2) is 3.62. The van der Waals surface area contributed by atoms with Gasteiger partial charge in [0.25, 0.3) is 0 Å². The van der Waals surface area contributed by atoms with Crippen molar-refractivity contribution in [3.05, 3.63) is 23.3 Å². The molecule has 0 radical (unpaired) electrons. The van der Waals surface area contributed by atoms with Crippen LogP contribution in [-0.2, 0) is 9.31 Å². The highest BCUT2D eigenvalue weighted by molar-refractivity contribution is 6.60.